The molecule has 36 heavy (non-hydrogen) atoms. The second kappa shape index (κ2) is 12.2. The van der Waals surface area contributed by atoms with Crippen LogP contribution >= 0.6 is 11.6 Å². The third-order valence-corrected chi connectivity index (χ3v) is 6.65. The van der Waals surface area contributed by atoms with Gasteiger partial charge in [0.2, 0.25) is 6.41 Å². The number of hydrogen-bond donors (Lipinski definition) is 2. The summed E-state index contributed by atoms with van der Waals surface area (Å²) >= 11 is 5.86. The molecular formula is C26H29ClF2N4O3. The van der Waals surface area contributed by atoms with E-state index in [9.17, 15) is 18.4 Å². The van der Waals surface area contributed by atoms with Gasteiger partial charge < -0.3 is 19.9 Å². The maximum absolute atomic E-state index is 14.4. The van der Waals surface area contributed by atoms with E-state index >= 15 is 0 Å². The summed E-state index contributed by atoms with van der Waals surface area (Å²) in [4.78, 5) is 30.2. The Morgan fingerprint density at radius 1 is 1.25 bits per heavy atom. The van der Waals surface area contributed by atoms with E-state index in [4.69, 9.17) is 16.3 Å². The normalized spacial score (nSPS) is 18.3. The summed E-state index contributed by atoms with van der Waals surface area (Å²) < 4.78 is 32.8. The molecular weight excluding hydrogens is 490 g/mol. The van der Waals surface area contributed by atoms with Crippen LogP contribution in [0, 0.1) is 11.6 Å². The van der Waals surface area contributed by atoms with Crippen molar-refractivity contribution in [1.29, 1.82) is 0 Å². The second-order valence-electron chi connectivity index (χ2n) is 8.59. The van der Waals surface area contributed by atoms with Gasteiger partial charge in [0.15, 0.2) is 12.1 Å². The van der Waals surface area contributed by atoms with Crippen molar-refractivity contribution in [2.75, 3.05) is 32.6 Å². The zero-order chi connectivity index (χ0) is 26.3. The summed E-state index contributed by atoms with van der Waals surface area (Å²) in [5, 5.41) is 2.54. The number of methoxy groups -OCH3 is 1. The molecule has 7 nitrogen and oxygen atoms in total. The number of amides is 1. The van der Waals surface area contributed by atoms with E-state index < -0.39 is 11.4 Å². The maximum atomic E-state index is 14.4. The van der Waals surface area contributed by atoms with Gasteiger partial charge in [0, 0.05) is 49.3 Å². The molecule has 1 aromatic heterocycles. The number of likely N-dealkylation sites (tertiary alicyclic amines) is 1. The fourth-order valence-electron chi connectivity index (χ4n) is 4.54. The molecule has 1 aliphatic rings. The van der Waals surface area contributed by atoms with Gasteiger partial charge in [-0.15, -0.1) is 0 Å². The molecule has 1 amide bonds. The third kappa shape index (κ3) is 5.98. The SMILES string of the molecule is CCC(c1ccc(F)cc1)c1cnc(C=O)[nH]1.CO[C@@]1(c2c(NC=O)ccc(Cl)c2F)CCN(C)C1. The van der Waals surface area contributed by atoms with Crippen LogP contribution in [0.2, 0.25) is 5.02 Å². The van der Waals surface area contributed by atoms with Crippen LogP contribution in [0.3, 0.4) is 0 Å². The van der Waals surface area contributed by atoms with Crippen molar-refractivity contribution in [3.8, 4) is 0 Å². The maximum Gasteiger partial charge on any atom is 0.211 e. The number of ether oxygens (including phenoxy) is 1. The molecule has 2 N–H and O–H groups in total. The fraction of sp³-hybridized carbons (Fsp3) is 0.346. The monoisotopic (exact) mass is 518 g/mol. The van der Waals surface area contributed by atoms with E-state index in [1.54, 1.807) is 31.5 Å². The molecule has 4 rings (SSSR count). The van der Waals surface area contributed by atoms with Gasteiger partial charge in [-0.1, -0.05) is 30.7 Å². The number of hydrogen-bond acceptors (Lipinski definition) is 5. The smallest absolute Gasteiger partial charge is 0.211 e. The molecule has 3 aromatic rings. The number of carbonyl (C=O) groups is 2. The van der Waals surface area contributed by atoms with Crippen molar-refractivity contribution in [3.05, 3.63) is 81.9 Å². The zero-order valence-electron chi connectivity index (χ0n) is 20.4. The molecule has 0 saturated carbocycles. The van der Waals surface area contributed by atoms with Crippen molar-refractivity contribution < 1.29 is 23.1 Å². The standard InChI is InChI=1S/C13H16ClFN2O2.C13H13FN2O/c1-17-6-5-13(7-17,19-2)11-10(16-8-18)4-3-9(14)12(11)15;1-2-11(9-3-5-10(14)6-4-9)12-7-15-13(8-17)16-12/h3-4,8H,5-7H2,1-2H3,(H,16,18);3-8,11H,2H2,1H3,(H,15,16)/t13-;/m0./s1. The summed E-state index contributed by atoms with van der Waals surface area (Å²) in [6.07, 6.45) is 4.35. The van der Waals surface area contributed by atoms with Crippen molar-refractivity contribution in [3.63, 3.8) is 0 Å². The lowest BCUT2D eigenvalue weighted by atomic mass is 9.90. The van der Waals surface area contributed by atoms with Gasteiger partial charge in [0.1, 0.15) is 17.2 Å². The number of imidazole rings is 1. The summed E-state index contributed by atoms with van der Waals surface area (Å²) in [6, 6.07) is 9.41. The number of nitrogens with zero attached hydrogens (tertiary/aromatic N) is 2. The molecule has 10 heteroatoms. The minimum atomic E-state index is -0.783. The Morgan fingerprint density at radius 3 is 2.50 bits per heavy atom. The molecule has 1 unspecified atom stereocenters. The van der Waals surface area contributed by atoms with Crippen LogP contribution in [0.15, 0.2) is 42.6 Å². The molecule has 0 spiro atoms. The first kappa shape index (κ1) is 27.4. The number of rotatable bonds is 8. The van der Waals surface area contributed by atoms with Gasteiger partial charge >= 0.3 is 0 Å². The highest BCUT2D eigenvalue weighted by Crippen LogP contribution is 2.42. The van der Waals surface area contributed by atoms with Gasteiger partial charge in [-0.3, -0.25) is 9.59 Å². The molecule has 2 aromatic carbocycles. The van der Waals surface area contributed by atoms with Crippen LogP contribution in [0.4, 0.5) is 14.5 Å². The number of H-pyrrole nitrogens is 1. The van der Waals surface area contributed by atoms with Gasteiger partial charge in [0.05, 0.1) is 5.02 Å². The van der Waals surface area contributed by atoms with Crippen LogP contribution in [0.1, 0.15) is 53.1 Å². The Balaban J connectivity index is 0.000000202. The first-order valence-corrected chi connectivity index (χ1v) is 11.8. The van der Waals surface area contributed by atoms with Crippen molar-refractivity contribution in [2.24, 2.45) is 0 Å². The van der Waals surface area contributed by atoms with Gasteiger partial charge in [0.25, 0.3) is 0 Å². The van der Waals surface area contributed by atoms with Crippen LogP contribution in [-0.2, 0) is 15.1 Å². The minimum Gasteiger partial charge on any atom is -0.372 e. The zero-order valence-corrected chi connectivity index (χ0v) is 21.1. The fourth-order valence-corrected chi connectivity index (χ4v) is 4.69. The number of nitrogens with one attached hydrogen (secondary N) is 2. The van der Waals surface area contributed by atoms with E-state index in [1.165, 1.54) is 18.2 Å². The molecule has 2 heterocycles. The van der Waals surface area contributed by atoms with Crippen molar-refractivity contribution >= 4 is 30.0 Å². The van der Waals surface area contributed by atoms with Crippen molar-refractivity contribution in [1.82, 2.24) is 14.9 Å². The molecule has 0 radical (unpaired) electrons. The van der Waals surface area contributed by atoms with E-state index in [0.29, 0.717) is 42.7 Å². The third-order valence-electron chi connectivity index (χ3n) is 6.36. The molecule has 0 aliphatic carbocycles. The second-order valence-corrected chi connectivity index (χ2v) is 8.99. The predicted molar refractivity (Wildman–Crippen MR) is 134 cm³/mol. The largest absolute Gasteiger partial charge is 0.372 e. The van der Waals surface area contributed by atoms with Gasteiger partial charge in [-0.2, -0.15) is 0 Å². The molecule has 1 fully saturated rings. The lowest BCUT2D eigenvalue weighted by Gasteiger charge is -2.30. The molecule has 1 saturated heterocycles. The van der Waals surface area contributed by atoms with Crippen LogP contribution in [-0.4, -0.2) is 54.8 Å². The van der Waals surface area contributed by atoms with E-state index in [1.807, 2.05) is 14.0 Å². The molecule has 1 aliphatic heterocycles. The topological polar surface area (TPSA) is 87.3 Å². The number of aromatic amines is 1. The number of carbonyl (C=O) groups excluding carboxylic acids is 2. The van der Waals surface area contributed by atoms with E-state index in [0.717, 1.165) is 24.2 Å². The Morgan fingerprint density at radius 2 is 1.97 bits per heavy atom. The van der Waals surface area contributed by atoms with Gasteiger partial charge in [-0.25, -0.2) is 13.8 Å². The number of halogens is 3. The van der Waals surface area contributed by atoms with Gasteiger partial charge in [-0.05, 0) is 49.7 Å². The average Bonchev–Trinajstić information content (AvgIpc) is 3.51. The number of aldehydes is 1. The summed E-state index contributed by atoms with van der Waals surface area (Å²) in [5.41, 5.74) is 1.82. The minimum absolute atomic E-state index is 0.0254. The molecule has 2 atom stereocenters. The van der Waals surface area contributed by atoms with E-state index in [-0.39, 0.29) is 16.8 Å². The Kier molecular flexibility index (Phi) is 9.31. The predicted octanol–water partition coefficient (Wildman–Crippen LogP) is 5.13. The number of aromatic nitrogens is 2. The van der Waals surface area contributed by atoms with E-state index in [2.05, 4.69) is 20.2 Å². The number of benzene rings is 2. The summed E-state index contributed by atoms with van der Waals surface area (Å²) in [7, 11) is 3.49. The Hall–Kier alpha value is -3.14. The highest BCUT2D eigenvalue weighted by atomic mass is 35.5. The molecule has 0 bridgehead atoms. The van der Waals surface area contributed by atoms with Crippen LogP contribution in [0.5, 0.6) is 0 Å². The average molecular weight is 519 g/mol. The van der Waals surface area contributed by atoms with Crippen LogP contribution in [0.25, 0.3) is 0 Å². The van der Waals surface area contributed by atoms with Crippen LogP contribution < -0.4 is 5.32 Å². The highest BCUT2D eigenvalue weighted by Gasteiger charge is 2.42. The molecule has 192 valence electrons. The Bertz CT molecular complexity index is 1190. The summed E-state index contributed by atoms with van der Waals surface area (Å²) in [6.45, 7) is 3.38. The highest BCUT2D eigenvalue weighted by molar-refractivity contribution is 6.31. The van der Waals surface area contributed by atoms with Crippen molar-refractivity contribution in [2.45, 2.75) is 31.3 Å². The first-order valence-electron chi connectivity index (χ1n) is 11.5. The first-order chi connectivity index (χ1) is 17.3. The number of likely N-dealkylation sites (N-methyl/N-ethyl adjacent to an activating group) is 1. The number of anilines is 1. The Labute approximate surface area is 213 Å². The summed E-state index contributed by atoms with van der Waals surface area (Å²) in [5.74, 6) is -0.357. The quantitative estimate of drug-likeness (QED) is 0.404. The lowest BCUT2D eigenvalue weighted by Crippen LogP contribution is -2.33. The lowest BCUT2D eigenvalue weighted by molar-refractivity contribution is -0.105.